The average Bonchev–Trinajstić information content (AvgIpc) is 2.61. The second-order valence-electron chi connectivity index (χ2n) is 8.05. The molecule has 0 atom stereocenters. The highest BCUT2D eigenvalue weighted by Crippen LogP contribution is 2.14. The van der Waals surface area contributed by atoms with Crippen LogP contribution in [0, 0.1) is 5.92 Å². The van der Waals surface area contributed by atoms with Gasteiger partial charge in [0.15, 0.2) is 0 Å². The third-order valence-corrected chi connectivity index (χ3v) is 5.00. The molecule has 0 aliphatic rings. The van der Waals surface area contributed by atoms with Crippen molar-refractivity contribution in [3.8, 4) is 0 Å². The number of aryl methyl sites for hydroxylation is 1. The largest absolute Gasteiger partial charge is 0.0839 e. The van der Waals surface area contributed by atoms with Gasteiger partial charge in [0.1, 0.15) is 0 Å². The molecule has 0 radical (unpaired) electrons. The molecule has 0 heteroatoms. The van der Waals surface area contributed by atoms with E-state index in [9.17, 15) is 0 Å². The van der Waals surface area contributed by atoms with Crippen LogP contribution in [-0.4, -0.2) is 0 Å². The van der Waals surface area contributed by atoms with E-state index < -0.39 is 0 Å². The summed E-state index contributed by atoms with van der Waals surface area (Å²) in [5.74, 6) is 0.788. The monoisotopic (exact) mass is 342 g/mol. The van der Waals surface area contributed by atoms with Crippen LogP contribution in [0.1, 0.15) is 109 Å². The molecule has 1 rings (SSSR count). The fraction of sp³-hybridized carbons (Fsp3) is 0.680. The molecule has 0 nitrogen and oxygen atoms in total. The minimum absolute atomic E-state index is 0.788. The maximum atomic E-state index is 2.37. The summed E-state index contributed by atoms with van der Waals surface area (Å²) in [5.41, 5.74) is 2.85. The fourth-order valence-corrected chi connectivity index (χ4v) is 3.28. The lowest BCUT2D eigenvalue weighted by molar-refractivity contribution is 0.558. The van der Waals surface area contributed by atoms with Gasteiger partial charge in [-0.2, -0.15) is 0 Å². The SMILES string of the molecule is CCCCCCCCCCCCC=Cc1cccc(CCC(C)C)c1. The number of hydrogen-bond donors (Lipinski definition) is 0. The van der Waals surface area contributed by atoms with Crippen molar-refractivity contribution < 1.29 is 0 Å². The van der Waals surface area contributed by atoms with Gasteiger partial charge in [-0.25, -0.2) is 0 Å². The van der Waals surface area contributed by atoms with E-state index >= 15 is 0 Å². The maximum Gasteiger partial charge on any atom is -0.0257 e. The van der Waals surface area contributed by atoms with Crippen LogP contribution in [0.5, 0.6) is 0 Å². The van der Waals surface area contributed by atoms with Crippen LogP contribution in [0.3, 0.4) is 0 Å². The van der Waals surface area contributed by atoms with Crippen molar-refractivity contribution in [2.24, 2.45) is 5.92 Å². The first-order valence-corrected chi connectivity index (χ1v) is 11.0. The molecule has 25 heavy (non-hydrogen) atoms. The van der Waals surface area contributed by atoms with Crippen molar-refractivity contribution >= 4 is 6.08 Å². The van der Waals surface area contributed by atoms with Gasteiger partial charge in [-0.1, -0.05) is 115 Å². The molecule has 0 aromatic heterocycles. The van der Waals surface area contributed by atoms with Crippen LogP contribution in [-0.2, 0) is 6.42 Å². The Bertz CT molecular complexity index is 441. The van der Waals surface area contributed by atoms with Crippen molar-refractivity contribution in [2.75, 3.05) is 0 Å². The third-order valence-electron chi connectivity index (χ3n) is 5.00. The lowest BCUT2D eigenvalue weighted by atomic mass is 10.0. The minimum Gasteiger partial charge on any atom is -0.0839 e. The Labute approximate surface area is 158 Å². The Balaban J connectivity index is 2.05. The summed E-state index contributed by atoms with van der Waals surface area (Å²) < 4.78 is 0. The van der Waals surface area contributed by atoms with Gasteiger partial charge < -0.3 is 0 Å². The van der Waals surface area contributed by atoms with E-state index in [0.29, 0.717) is 0 Å². The molecule has 0 aliphatic carbocycles. The van der Waals surface area contributed by atoms with E-state index in [4.69, 9.17) is 0 Å². The van der Waals surface area contributed by atoms with E-state index in [2.05, 4.69) is 57.2 Å². The van der Waals surface area contributed by atoms with Gasteiger partial charge >= 0.3 is 0 Å². The van der Waals surface area contributed by atoms with Crippen LogP contribution in [0.4, 0.5) is 0 Å². The second kappa shape index (κ2) is 15.2. The van der Waals surface area contributed by atoms with Crippen LogP contribution in [0.2, 0.25) is 0 Å². The molecule has 0 heterocycles. The normalized spacial score (nSPS) is 11.7. The molecule has 0 spiro atoms. The van der Waals surface area contributed by atoms with E-state index in [-0.39, 0.29) is 0 Å². The Hall–Kier alpha value is -1.04. The summed E-state index contributed by atoms with van der Waals surface area (Å²) in [7, 11) is 0. The standard InChI is InChI=1S/C25H42/c1-4-5-6-7-8-9-10-11-12-13-14-15-17-24-18-16-19-25(22-24)21-20-23(2)3/h15-19,22-23H,4-14,20-21H2,1-3H3. The summed E-state index contributed by atoms with van der Waals surface area (Å²) in [6.07, 6.45) is 22.6. The molecule has 0 bridgehead atoms. The van der Waals surface area contributed by atoms with Gasteiger partial charge in [0, 0.05) is 0 Å². The number of rotatable bonds is 15. The average molecular weight is 343 g/mol. The highest BCUT2D eigenvalue weighted by molar-refractivity contribution is 5.50. The Morgan fingerprint density at radius 3 is 2.12 bits per heavy atom. The molecule has 0 amide bonds. The fourth-order valence-electron chi connectivity index (χ4n) is 3.28. The van der Waals surface area contributed by atoms with Gasteiger partial charge in [-0.15, -0.1) is 0 Å². The summed E-state index contributed by atoms with van der Waals surface area (Å²) in [6.45, 7) is 6.89. The van der Waals surface area contributed by atoms with Gasteiger partial charge in [0.05, 0.1) is 0 Å². The summed E-state index contributed by atoms with van der Waals surface area (Å²) >= 11 is 0. The first-order chi connectivity index (χ1) is 12.2. The topological polar surface area (TPSA) is 0 Å². The summed E-state index contributed by atoms with van der Waals surface area (Å²) in [5, 5.41) is 0. The molecular weight excluding hydrogens is 300 g/mol. The quantitative estimate of drug-likeness (QED) is 0.280. The van der Waals surface area contributed by atoms with Crippen LogP contribution in [0.15, 0.2) is 30.3 Å². The maximum absolute atomic E-state index is 2.37. The highest BCUT2D eigenvalue weighted by atomic mass is 14.0. The van der Waals surface area contributed by atoms with Crippen molar-refractivity contribution in [2.45, 2.75) is 104 Å². The molecule has 1 aromatic rings. The first kappa shape index (κ1) is 22.0. The molecule has 0 saturated carbocycles. The van der Waals surface area contributed by atoms with Crippen LogP contribution in [0.25, 0.3) is 6.08 Å². The Morgan fingerprint density at radius 1 is 0.840 bits per heavy atom. The minimum atomic E-state index is 0.788. The molecular formula is C25H42. The van der Waals surface area contributed by atoms with Crippen molar-refractivity contribution in [1.82, 2.24) is 0 Å². The van der Waals surface area contributed by atoms with Crippen molar-refractivity contribution in [3.63, 3.8) is 0 Å². The Morgan fingerprint density at radius 2 is 1.48 bits per heavy atom. The smallest absolute Gasteiger partial charge is 0.0257 e. The number of benzene rings is 1. The van der Waals surface area contributed by atoms with Crippen LogP contribution < -0.4 is 0 Å². The van der Waals surface area contributed by atoms with Gasteiger partial charge in [0.2, 0.25) is 0 Å². The third kappa shape index (κ3) is 12.9. The van der Waals surface area contributed by atoms with Crippen molar-refractivity contribution in [3.05, 3.63) is 41.5 Å². The molecule has 0 N–H and O–H groups in total. The Kier molecular flexibility index (Phi) is 13.4. The van der Waals surface area contributed by atoms with Gasteiger partial charge in [-0.3, -0.25) is 0 Å². The predicted octanol–water partition coefficient (Wildman–Crippen LogP) is 8.60. The zero-order valence-electron chi connectivity index (χ0n) is 17.2. The number of hydrogen-bond acceptors (Lipinski definition) is 0. The van der Waals surface area contributed by atoms with E-state index in [1.807, 2.05) is 0 Å². The van der Waals surface area contributed by atoms with Crippen LogP contribution >= 0.6 is 0 Å². The molecule has 0 fully saturated rings. The summed E-state index contributed by atoms with van der Waals surface area (Å²) in [6, 6.07) is 9.06. The van der Waals surface area contributed by atoms with E-state index in [0.717, 1.165) is 5.92 Å². The molecule has 142 valence electrons. The van der Waals surface area contributed by atoms with Gasteiger partial charge in [-0.05, 0) is 42.7 Å². The lowest BCUT2D eigenvalue weighted by Crippen LogP contribution is -1.92. The lowest BCUT2D eigenvalue weighted by Gasteiger charge is -2.05. The number of allylic oxidation sites excluding steroid dienone is 1. The zero-order valence-corrected chi connectivity index (χ0v) is 17.2. The summed E-state index contributed by atoms with van der Waals surface area (Å²) in [4.78, 5) is 0. The number of unbranched alkanes of at least 4 members (excludes halogenated alkanes) is 10. The second-order valence-corrected chi connectivity index (χ2v) is 8.05. The molecule has 0 saturated heterocycles. The first-order valence-electron chi connectivity index (χ1n) is 11.0. The molecule has 0 aliphatic heterocycles. The van der Waals surface area contributed by atoms with E-state index in [1.54, 1.807) is 0 Å². The molecule has 1 aromatic carbocycles. The zero-order chi connectivity index (χ0) is 18.2. The van der Waals surface area contributed by atoms with Gasteiger partial charge in [0.25, 0.3) is 0 Å². The highest BCUT2D eigenvalue weighted by Gasteiger charge is 1.97. The predicted molar refractivity (Wildman–Crippen MR) is 115 cm³/mol. The molecule has 0 unspecified atom stereocenters. The van der Waals surface area contributed by atoms with E-state index in [1.165, 1.54) is 94.6 Å². The van der Waals surface area contributed by atoms with Crippen molar-refractivity contribution in [1.29, 1.82) is 0 Å².